The van der Waals surface area contributed by atoms with Gasteiger partial charge in [-0.2, -0.15) is 15.0 Å². The Hall–Kier alpha value is -1.59. The fourth-order valence-electron chi connectivity index (χ4n) is 1.14. The van der Waals surface area contributed by atoms with Crippen molar-refractivity contribution < 1.29 is 0 Å². The molecule has 17 heavy (non-hydrogen) atoms. The van der Waals surface area contributed by atoms with Crippen LogP contribution in [0.3, 0.4) is 0 Å². The van der Waals surface area contributed by atoms with Crippen molar-refractivity contribution in [1.82, 2.24) is 15.0 Å². The summed E-state index contributed by atoms with van der Waals surface area (Å²) in [6.07, 6.45) is 0. The van der Waals surface area contributed by atoms with Gasteiger partial charge in [-0.1, -0.05) is 27.7 Å². The van der Waals surface area contributed by atoms with Gasteiger partial charge in [-0.25, -0.2) is 0 Å². The van der Waals surface area contributed by atoms with Gasteiger partial charge in [0.15, 0.2) is 0 Å². The van der Waals surface area contributed by atoms with Crippen LogP contribution in [-0.2, 0) is 0 Å². The van der Waals surface area contributed by atoms with E-state index < -0.39 is 0 Å². The van der Waals surface area contributed by atoms with Gasteiger partial charge in [0.05, 0.1) is 0 Å². The molecule has 6 nitrogen and oxygen atoms in total. The fourth-order valence-corrected chi connectivity index (χ4v) is 1.14. The maximum absolute atomic E-state index is 5.63. The lowest BCUT2D eigenvalue weighted by molar-refractivity contribution is 0.679. The highest BCUT2D eigenvalue weighted by Crippen LogP contribution is 2.08. The highest BCUT2D eigenvalue weighted by molar-refractivity contribution is 5.39. The van der Waals surface area contributed by atoms with Crippen LogP contribution in [0, 0.1) is 11.8 Å². The second kappa shape index (κ2) is 6.22. The van der Waals surface area contributed by atoms with Gasteiger partial charge in [0, 0.05) is 13.1 Å². The van der Waals surface area contributed by atoms with E-state index in [4.69, 9.17) is 5.73 Å². The van der Waals surface area contributed by atoms with E-state index in [1.54, 1.807) is 0 Å². The molecule has 6 heteroatoms. The van der Waals surface area contributed by atoms with Gasteiger partial charge in [-0.3, -0.25) is 0 Å². The summed E-state index contributed by atoms with van der Waals surface area (Å²) in [6, 6.07) is 0. The maximum atomic E-state index is 5.63. The van der Waals surface area contributed by atoms with E-state index in [0.717, 1.165) is 13.1 Å². The van der Waals surface area contributed by atoms with Gasteiger partial charge >= 0.3 is 0 Å². The van der Waals surface area contributed by atoms with Crippen LogP contribution in [0.15, 0.2) is 0 Å². The SMILES string of the molecule is CC(C)CNc1nc(N)nc(NCC(C)C)n1. The van der Waals surface area contributed by atoms with Crippen LogP contribution in [-0.4, -0.2) is 28.0 Å². The molecule has 0 aliphatic heterocycles. The van der Waals surface area contributed by atoms with Crippen molar-refractivity contribution >= 4 is 17.8 Å². The molecule has 96 valence electrons. The van der Waals surface area contributed by atoms with E-state index in [1.807, 2.05) is 0 Å². The smallest absolute Gasteiger partial charge is 0.229 e. The van der Waals surface area contributed by atoms with Gasteiger partial charge in [-0.15, -0.1) is 0 Å². The number of nitrogens with zero attached hydrogens (tertiary/aromatic N) is 3. The number of aromatic nitrogens is 3. The molecule has 0 saturated heterocycles. The first-order chi connectivity index (χ1) is 7.97. The molecule has 1 aromatic heterocycles. The Morgan fingerprint density at radius 2 is 1.29 bits per heavy atom. The third-order valence-corrected chi connectivity index (χ3v) is 1.99. The molecule has 1 rings (SSSR count). The number of nitrogens with two attached hydrogens (primary N) is 1. The van der Waals surface area contributed by atoms with Crippen LogP contribution in [0.2, 0.25) is 0 Å². The lowest BCUT2D eigenvalue weighted by atomic mass is 10.2. The molecule has 0 aliphatic rings. The molecule has 0 atom stereocenters. The zero-order chi connectivity index (χ0) is 12.8. The average Bonchev–Trinajstić information content (AvgIpc) is 2.23. The summed E-state index contributed by atoms with van der Waals surface area (Å²) < 4.78 is 0. The summed E-state index contributed by atoms with van der Waals surface area (Å²) in [6.45, 7) is 10.1. The zero-order valence-electron chi connectivity index (χ0n) is 11.0. The third kappa shape index (κ3) is 5.33. The minimum Gasteiger partial charge on any atom is -0.368 e. The molecule has 0 bridgehead atoms. The molecule has 1 aromatic rings. The van der Waals surface area contributed by atoms with Crippen molar-refractivity contribution in [2.24, 2.45) is 11.8 Å². The summed E-state index contributed by atoms with van der Waals surface area (Å²) in [5.41, 5.74) is 5.63. The molecule has 0 aliphatic carbocycles. The molecule has 0 saturated carbocycles. The largest absolute Gasteiger partial charge is 0.368 e. The minimum atomic E-state index is 0.234. The van der Waals surface area contributed by atoms with E-state index in [1.165, 1.54) is 0 Å². The topological polar surface area (TPSA) is 88.8 Å². The van der Waals surface area contributed by atoms with E-state index in [0.29, 0.717) is 23.7 Å². The number of nitrogen functional groups attached to an aromatic ring is 1. The lowest BCUT2D eigenvalue weighted by Gasteiger charge is -2.11. The first kappa shape index (κ1) is 13.5. The summed E-state index contributed by atoms with van der Waals surface area (Å²) >= 11 is 0. The molecule has 0 radical (unpaired) electrons. The van der Waals surface area contributed by atoms with Crippen LogP contribution < -0.4 is 16.4 Å². The van der Waals surface area contributed by atoms with Crippen molar-refractivity contribution in [1.29, 1.82) is 0 Å². The quantitative estimate of drug-likeness (QED) is 0.697. The van der Waals surface area contributed by atoms with Crippen molar-refractivity contribution in [3.8, 4) is 0 Å². The Balaban J connectivity index is 2.65. The predicted molar refractivity (Wildman–Crippen MR) is 70.9 cm³/mol. The summed E-state index contributed by atoms with van der Waals surface area (Å²) in [4.78, 5) is 12.3. The first-order valence-corrected chi connectivity index (χ1v) is 5.96. The molecule has 0 aromatic carbocycles. The first-order valence-electron chi connectivity index (χ1n) is 5.96. The van der Waals surface area contributed by atoms with Gasteiger partial charge in [0.25, 0.3) is 0 Å². The third-order valence-electron chi connectivity index (χ3n) is 1.99. The average molecular weight is 238 g/mol. The monoisotopic (exact) mass is 238 g/mol. The number of nitrogens with one attached hydrogen (secondary N) is 2. The molecule has 1 heterocycles. The molecular formula is C11H22N6. The predicted octanol–water partition coefficient (Wildman–Crippen LogP) is 1.59. The lowest BCUT2D eigenvalue weighted by Crippen LogP contribution is -2.16. The molecule has 0 unspecified atom stereocenters. The van der Waals surface area contributed by atoms with E-state index in [-0.39, 0.29) is 5.95 Å². The van der Waals surface area contributed by atoms with Gasteiger partial charge in [0.2, 0.25) is 17.8 Å². The van der Waals surface area contributed by atoms with Crippen LogP contribution in [0.1, 0.15) is 27.7 Å². The number of hydrogen-bond donors (Lipinski definition) is 3. The Labute approximate surface area is 102 Å². The summed E-state index contributed by atoms with van der Waals surface area (Å²) in [5.74, 6) is 2.34. The second-order valence-electron chi connectivity index (χ2n) is 4.89. The Morgan fingerprint density at radius 3 is 1.65 bits per heavy atom. The number of hydrogen-bond acceptors (Lipinski definition) is 6. The molecule has 4 N–H and O–H groups in total. The molecule has 0 fully saturated rings. The fraction of sp³-hybridized carbons (Fsp3) is 0.727. The summed E-state index contributed by atoms with van der Waals surface area (Å²) in [7, 11) is 0. The van der Waals surface area contributed by atoms with E-state index >= 15 is 0 Å². The highest BCUT2D eigenvalue weighted by atomic mass is 15.2. The highest BCUT2D eigenvalue weighted by Gasteiger charge is 2.05. The number of rotatable bonds is 6. The number of anilines is 3. The normalized spacial score (nSPS) is 10.9. The van der Waals surface area contributed by atoms with Gasteiger partial charge in [-0.05, 0) is 11.8 Å². The van der Waals surface area contributed by atoms with Crippen molar-refractivity contribution in [2.75, 3.05) is 29.5 Å². The van der Waals surface area contributed by atoms with E-state index in [9.17, 15) is 0 Å². The minimum absolute atomic E-state index is 0.234. The van der Waals surface area contributed by atoms with Crippen molar-refractivity contribution in [3.63, 3.8) is 0 Å². The van der Waals surface area contributed by atoms with Crippen molar-refractivity contribution in [3.05, 3.63) is 0 Å². The van der Waals surface area contributed by atoms with Gasteiger partial charge < -0.3 is 16.4 Å². The summed E-state index contributed by atoms with van der Waals surface area (Å²) in [5, 5.41) is 6.26. The molecule has 0 spiro atoms. The Morgan fingerprint density at radius 1 is 0.882 bits per heavy atom. The maximum Gasteiger partial charge on any atom is 0.229 e. The Bertz CT molecular complexity index is 320. The molecule has 0 amide bonds. The van der Waals surface area contributed by atoms with E-state index in [2.05, 4.69) is 53.3 Å². The van der Waals surface area contributed by atoms with Crippen LogP contribution in [0.25, 0.3) is 0 Å². The molecular weight excluding hydrogens is 216 g/mol. The van der Waals surface area contributed by atoms with Gasteiger partial charge in [0.1, 0.15) is 0 Å². The zero-order valence-corrected chi connectivity index (χ0v) is 11.0. The Kier molecular flexibility index (Phi) is 4.93. The van der Waals surface area contributed by atoms with Crippen LogP contribution in [0.4, 0.5) is 17.8 Å². The second-order valence-corrected chi connectivity index (χ2v) is 4.89. The van der Waals surface area contributed by atoms with Crippen molar-refractivity contribution in [2.45, 2.75) is 27.7 Å². The standard InChI is InChI=1S/C11H22N6/c1-7(2)5-13-10-15-9(12)16-11(17-10)14-6-8(3)4/h7-8H,5-6H2,1-4H3,(H4,12,13,14,15,16,17). The van der Waals surface area contributed by atoms with Crippen LogP contribution >= 0.6 is 0 Å². The van der Waals surface area contributed by atoms with Crippen LogP contribution in [0.5, 0.6) is 0 Å².